The third kappa shape index (κ3) is 1.42. The Bertz CT molecular complexity index is 575. The lowest BCUT2D eigenvalue weighted by atomic mass is 9.89. The van der Waals surface area contributed by atoms with Gasteiger partial charge in [0.25, 0.3) is 0 Å². The minimum atomic E-state index is 0.380. The monoisotopic (exact) mass is 245 g/mol. The quantitative estimate of drug-likeness (QED) is 0.857. The largest absolute Gasteiger partial charge is 0.338 e. The number of hydrogen-bond donors (Lipinski definition) is 1. The molecule has 2 fully saturated rings. The van der Waals surface area contributed by atoms with Crippen molar-refractivity contribution in [2.45, 2.75) is 37.3 Å². The summed E-state index contributed by atoms with van der Waals surface area (Å²) < 4.78 is 7.32. The Morgan fingerprint density at radius 3 is 3.06 bits per heavy atom. The first-order valence-electron chi connectivity index (χ1n) is 6.38. The Morgan fingerprint density at radius 1 is 1.44 bits per heavy atom. The maximum atomic E-state index is 5.43. The van der Waals surface area contributed by atoms with Crippen LogP contribution in [-0.4, -0.2) is 31.8 Å². The first-order valence-corrected chi connectivity index (χ1v) is 6.38. The summed E-state index contributed by atoms with van der Waals surface area (Å²) in [6.45, 7) is 0. The molecule has 2 aromatic rings. The van der Waals surface area contributed by atoms with Gasteiger partial charge >= 0.3 is 0 Å². The Balaban J connectivity index is 1.65. The molecule has 0 radical (unpaired) electrons. The number of fused-ring (bicyclic) bond motifs is 2. The fraction of sp³-hybridized carbons (Fsp3) is 0.583. The van der Waals surface area contributed by atoms with Gasteiger partial charge < -0.3 is 14.4 Å². The van der Waals surface area contributed by atoms with Gasteiger partial charge in [-0.15, -0.1) is 0 Å². The number of hydrogen-bond acceptors (Lipinski definition) is 5. The molecule has 0 aliphatic carbocycles. The number of aryl methyl sites for hydroxylation is 1. The zero-order chi connectivity index (χ0) is 12.1. The average Bonchev–Trinajstić information content (AvgIpc) is 3.12. The molecule has 2 bridgehead atoms. The summed E-state index contributed by atoms with van der Waals surface area (Å²) in [6.07, 6.45) is 7.23. The smallest absolute Gasteiger partial charge is 0.238 e. The van der Waals surface area contributed by atoms with E-state index in [1.807, 2.05) is 17.8 Å². The molecule has 6 nitrogen and oxygen atoms in total. The lowest BCUT2D eigenvalue weighted by molar-refractivity contribution is 0.329. The third-order valence-electron chi connectivity index (χ3n) is 4.08. The van der Waals surface area contributed by atoms with Crippen LogP contribution in [0.4, 0.5) is 0 Å². The average molecular weight is 245 g/mol. The maximum Gasteiger partial charge on any atom is 0.238 e. The van der Waals surface area contributed by atoms with E-state index >= 15 is 0 Å². The van der Waals surface area contributed by atoms with E-state index < -0.39 is 0 Å². The first-order chi connectivity index (χ1) is 8.81. The van der Waals surface area contributed by atoms with Crippen LogP contribution < -0.4 is 5.32 Å². The Morgan fingerprint density at radius 2 is 2.39 bits per heavy atom. The van der Waals surface area contributed by atoms with Gasteiger partial charge in [0, 0.05) is 31.5 Å². The molecule has 4 rings (SSSR count). The van der Waals surface area contributed by atoms with Crippen molar-refractivity contribution in [2.24, 2.45) is 7.05 Å². The SMILES string of the molecule is Cn1ccnc1-c1noc(C2CC3CCC2N3)n1. The second-order valence-corrected chi connectivity index (χ2v) is 5.21. The van der Waals surface area contributed by atoms with Crippen molar-refractivity contribution in [3.05, 3.63) is 18.3 Å². The van der Waals surface area contributed by atoms with Crippen molar-refractivity contribution in [2.75, 3.05) is 0 Å². The predicted molar refractivity (Wildman–Crippen MR) is 63.8 cm³/mol. The van der Waals surface area contributed by atoms with Crippen molar-refractivity contribution in [3.63, 3.8) is 0 Å². The topological polar surface area (TPSA) is 68.8 Å². The van der Waals surface area contributed by atoms with Gasteiger partial charge in [0.1, 0.15) is 0 Å². The molecule has 4 heterocycles. The highest BCUT2D eigenvalue weighted by molar-refractivity contribution is 5.42. The molecular weight excluding hydrogens is 230 g/mol. The summed E-state index contributed by atoms with van der Waals surface area (Å²) in [5.41, 5.74) is 0. The highest BCUT2D eigenvalue weighted by atomic mass is 16.5. The van der Waals surface area contributed by atoms with Crippen molar-refractivity contribution in [1.82, 2.24) is 25.0 Å². The lowest BCUT2D eigenvalue weighted by Gasteiger charge is -2.15. The van der Waals surface area contributed by atoms with E-state index in [4.69, 9.17) is 4.52 Å². The Labute approximate surface area is 104 Å². The van der Waals surface area contributed by atoms with Crippen molar-refractivity contribution in [1.29, 1.82) is 0 Å². The van der Waals surface area contributed by atoms with Crippen LogP contribution in [0.3, 0.4) is 0 Å². The number of aromatic nitrogens is 4. The van der Waals surface area contributed by atoms with Gasteiger partial charge in [-0.3, -0.25) is 0 Å². The summed E-state index contributed by atoms with van der Waals surface area (Å²) in [7, 11) is 1.93. The molecule has 2 aliphatic heterocycles. The van der Waals surface area contributed by atoms with Gasteiger partial charge in [-0.2, -0.15) is 4.98 Å². The molecule has 6 heteroatoms. The first kappa shape index (κ1) is 10.3. The fourth-order valence-corrected chi connectivity index (χ4v) is 3.15. The van der Waals surface area contributed by atoms with E-state index in [0.29, 0.717) is 23.8 Å². The van der Waals surface area contributed by atoms with Gasteiger partial charge in [0.15, 0.2) is 5.82 Å². The minimum Gasteiger partial charge on any atom is -0.338 e. The van der Waals surface area contributed by atoms with Crippen molar-refractivity contribution >= 4 is 0 Å². The Kier molecular flexibility index (Phi) is 2.08. The van der Waals surface area contributed by atoms with E-state index in [-0.39, 0.29) is 0 Å². The Hall–Kier alpha value is -1.69. The van der Waals surface area contributed by atoms with E-state index in [0.717, 1.165) is 18.1 Å². The maximum absolute atomic E-state index is 5.43. The summed E-state index contributed by atoms with van der Waals surface area (Å²) in [6, 6.07) is 1.16. The van der Waals surface area contributed by atoms with Crippen LogP contribution >= 0.6 is 0 Å². The second kappa shape index (κ2) is 3.65. The normalized spacial score (nSPS) is 30.2. The van der Waals surface area contributed by atoms with Crippen LogP contribution in [0.25, 0.3) is 11.6 Å². The van der Waals surface area contributed by atoms with E-state index in [2.05, 4.69) is 20.4 Å². The number of nitrogens with zero attached hydrogens (tertiary/aromatic N) is 4. The van der Waals surface area contributed by atoms with Gasteiger partial charge in [0.05, 0.1) is 5.92 Å². The zero-order valence-corrected chi connectivity index (χ0v) is 10.2. The van der Waals surface area contributed by atoms with Crippen LogP contribution in [-0.2, 0) is 7.05 Å². The van der Waals surface area contributed by atoms with Gasteiger partial charge in [-0.05, 0) is 19.3 Å². The summed E-state index contributed by atoms with van der Waals surface area (Å²) in [5, 5.41) is 7.63. The molecule has 2 saturated heterocycles. The van der Waals surface area contributed by atoms with Gasteiger partial charge in [-0.1, -0.05) is 5.16 Å². The number of imidazole rings is 1. The van der Waals surface area contributed by atoms with Crippen molar-refractivity contribution in [3.8, 4) is 11.6 Å². The third-order valence-corrected chi connectivity index (χ3v) is 4.08. The molecule has 2 aliphatic rings. The van der Waals surface area contributed by atoms with Crippen LogP contribution in [0.15, 0.2) is 16.9 Å². The standard InChI is InChI=1S/C12H15N5O/c1-17-5-4-13-11(17)10-15-12(18-16-10)8-6-7-2-3-9(8)14-7/h4-5,7-9,14H,2-3,6H2,1H3. The zero-order valence-electron chi connectivity index (χ0n) is 10.2. The van der Waals surface area contributed by atoms with E-state index in [9.17, 15) is 0 Å². The molecule has 0 spiro atoms. The molecule has 0 aromatic carbocycles. The summed E-state index contributed by atoms with van der Waals surface area (Å²) >= 11 is 0. The highest BCUT2D eigenvalue weighted by Crippen LogP contribution is 2.39. The molecule has 2 aromatic heterocycles. The highest BCUT2D eigenvalue weighted by Gasteiger charge is 2.42. The molecule has 18 heavy (non-hydrogen) atoms. The molecule has 0 amide bonds. The van der Waals surface area contributed by atoms with E-state index in [1.54, 1.807) is 6.20 Å². The van der Waals surface area contributed by atoms with Crippen molar-refractivity contribution < 1.29 is 4.52 Å². The molecule has 3 unspecified atom stereocenters. The lowest BCUT2D eigenvalue weighted by Crippen LogP contribution is -2.21. The summed E-state index contributed by atoms with van der Waals surface area (Å²) in [5.74, 6) is 2.47. The predicted octanol–water partition coefficient (Wildman–Crippen LogP) is 1.08. The van der Waals surface area contributed by atoms with Crippen LogP contribution in [0.1, 0.15) is 31.1 Å². The number of rotatable bonds is 2. The molecule has 0 saturated carbocycles. The molecule has 1 N–H and O–H groups in total. The van der Waals surface area contributed by atoms with Gasteiger partial charge in [-0.25, -0.2) is 4.98 Å². The second-order valence-electron chi connectivity index (χ2n) is 5.21. The molecule has 94 valence electrons. The van der Waals surface area contributed by atoms with E-state index in [1.165, 1.54) is 12.8 Å². The summed E-state index contributed by atoms with van der Waals surface area (Å²) in [4.78, 5) is 8.75. The fourth-order valence-electron chi connectivity index (χ4n) is 3.15. The van der Waals surface area contributed by atoms with Crippen LogP contribution in [0, 0.1) is 0 Å². The van der Waals surface area contributed by atoms with Gasteiger partial charge in [0.2, 0.25) is 11.7 Å². The molecular formula is C12H15N5O. The van der Waals surface area contributed by atoms with Crippen LogP contribution in [0.5, 0.6) is 0 Å². The molecule has 3 atom stereocenters. The van der Waals surface area contributed by atoms with Crippen LogP contribution in [0.2, 0.25) is 0 Å². The minimum absolute atomic E-state index is 0.380. The number of nitrogens with one attached hydrogen (secondary N) is 1.